The molecule has 2 aliphatic heterocycles. The van der Waals surface area contributed by atoms with Crippen LogP contribution in [0.1, 0.15) is 103 Å². The third kappa shape index (κ3) is 8.33. The third-order valence-corrected chi connectivity index (χ3v) is 13.6. The quantitative estimate of drug-likeness (QED) is 0.143. The van der Waals surface area contributed by atoms with Crippen molar-refractivity contribution in [2.24, 2.45) is 18.9 Å². The van der Waals surface area contributed by atoms with Gasteiger partial charge in [-0.25, -0.2) is 9.97 Å². The molecule has 0 atom stereocenters. The van der Waals surface area contributed by atoms with Crippen LogP contribution < -0.4 is 5.32 Å². The van der Waals surface area contributed by atoms with Gasteiger partial charge in [0, 0.05) is 54.4 Å². The number of benzene rings is 2. The summed E-state index contributed by atoms with van der Waals surface area (Å²) in [5.41, 5.74) is 9.45. The highest BCUT2D eigenvalue weighted by Crippen LogP contribution is 2.40. The van der Waals surface area contributed by atoms with E-state index < -0.39 is 5.97 Å². The molecule has 2 N–H and O–H groups in total. The van der Waals surface area contributed by atoms with Crippen LogP contribution in [-0.2, 0) is 49.1 Å². The Morgan fingerprint density at radius 2 is 1.71 bits per heavy atom. The zero-order valence-electron chi connectivity index (χ0n) is 33.9. The average molecular weight is 780 g/mol. The van der Waals surface area contributed by atoms with Crippen molar-refractivity contribution < 1.29 is 19.5 Å². The van der Waals surface area contributed by atoms with Gasteiger partial charge in [-0.05, 0) is 107 Å². The van der Waals surface area contributed by atoms with Crippen molar-refractivity contribution in [3.05, 3.63) is 75.3 Å². The van der Waals surface area contributed by atoms with Gasteiger partial charge in [0.25, 0.3) is 5.91 Å². The predicted molar refractivity (Wildman–Crippen MR) is 222 cm³/mol. The number of carboxylic acids is 1. The molecular weight excluding hydrogens is 723 g/mol. The number of thiazole rings is 1. The maximum absolute atomic E-state index is 14.0. The zero-order chi connectivity index (χ0) is 39.7. The van der Waals surface area contributed by atoms with Crippen molar-refractivity contribution in [3.8, 4) is 21.7 Å². The molecule has 11 nitrogen and oxygen atoms in total. The van der Waals surface area contributed by atoms with E-state index in [4.69, 9.17) is 9.97 Å². The summed E-state index contributed by atoms with van der Waals surface area (Å²) in [6.07, 6.45) is 7.20. The largest absolute Gasteiger partial charge is 0.481 e. The molecule has 1 aliphatic carbocycles. The molecule has 4 aromatic rings. The molecule has 56 heavy (non-hydrogen) atoms. The minimum Gasteiger partial charge on any atom is -0.481 e. The molecule has 2 aromatic heterocycles. The Kier molecular flexibility index (Phi) is 12.1. The summed E-state index contributed by atoms with van der Waals surface area (Å²) in [7, 11) is 3.93. The molecule has 2 amide bonds. The van der Waals surface area contributed by atoms with E-state index in [-0.39, 0.29) is 17.7 Å². The molecule has 0 unspecified atom stereocenters. The van der Waals surface area contributed by atoms with Gasteiger partial charge in [0.15, 0.2) is 5.82 Å². The highest BCUT2D eigenvalue weighted by atomic mass is 32.1. The Labute approximate surface area is 335 Å². The van der Waals surface area contributed by atoms with Gasteiger partial charge in [0.05, 0.1) is 36.9 Å². The minimum atomic E-state index is -0.652. The van der Waals surface area contributed by atoms with E-state index in [0.29, 0.717) is 37.4 Å². The lowest BCUT2D eigenvalue weighted by atomic mass is 9.80. The molecule has 4 heterocycles. The molecule has 0 bridgehead atoms. The molecule has 0 radical (unpaired) electrons. The number of aliphatic carboxylic acids is 1. The Morgan fingerprint density at radius 1 is 0.982 bits per heavy atom. The zero-order valence-corrected chi connectivity index (χ0v) is 34.7. The Hall–Kier alpha value is -4.39. The number of nitrogens with zero attached hydrogens (tertiary/aromatic N) is 6. The van der Waals surface area contributed by atoms with Crippen molar-refractivity contribution in [1.29, 1.82) is 0 Å². The van der Waals surface area contributed by atoms with Crippen molar-refractivity contribution in [1.82, 2.24) is 29.2 Å². The van der Waals surface area contributed by atoms with Gasteiger partial charge in [-0.1, -0.05) is 43.7 Å². The number of carbonyl (C=O) groups excluding carboxylic acids is 2. The topological polar surface area (TPSA) is 124 Å². The second-order valence-electron chi connectivity index (χ2n) is 16.4. The Bertz CT molecular complexity index is 2070. The molecule has 7 rings (SSSR count). The second-order valence-corrected chi connectivity index (χ2v) is 17.5. The van der Waals surface area contributed by atoms with E-state index >= 15 is 0 Å². The van der Waals surface area contributed by atoms with E-state index in [0.717, 1.165) is 131 Å². The predicted octanol–water partition coefficient (Wildman–Crippen LogP) is 7.55. The van der Waals surface area contributed by atoms with Crippen LogP contribution in [-0.4, -0.2) is 84.8 Å². The summed E-state index contributed by atoms with van der Waals surface area (Å²) < 4.78 is 1.97. The van der Waals surface area contributed by atoms with Crippen LogP contribution in [0.5, 0.6) is 0 Å². The maximum Gasteiger partial charge on any atom is 0.306 e. The Morgan fingerprint density at radius 3 is 2.43 bits per heavy atom. The number of carbonyl (C=O) groups is 3. The fraction of sp³-hybridized carbons (Fsp3) is 0.523. The molecule has 1 saturated carbocycles. The second kappa shape index (κ2) is 17.0. The first kappa shape index (κ1) is 39.8. The lowest BCUT2D eigenvalue weighted by Crippen LogP contribution is -2.38. The maximum atomic E-state index is 14.0. The van der Waals surface area contributed by atoms with Crippen LogP contribution in [0, 0.1) is 18.8 Å². The monoisotopic (exact) mass is 779 g/mol. The van der Waals surface area contributed by atoms with Gasteiger partial charge < -0.3 is 19.9 Å². The summed E-state index contributed by atoms with van der Waals surface area (Å²) in [5, 5.41) is 13.6. The summed E-state index contributed by atoms with van der Waals surface area (Å²) in [5.74, 6) is 0.111. The summed E-state index contributed by atoms with van der Waals surface area (Å²) >= 11 is 1.68. The van der Waals surface area contributed by atoms with Gasteiger partial charge >= 0.3 is 5.97 Å². The fourth-order valence-corrected chi connectivity index (χ4v) is 9.85. The lowest BCUT2D eigenvalue weighted by Gasteiger charge is -2.30. The summed E-state index contributed by atoms with van der Waals surface area (Å²) in [6, 6.07) is 12.9. The summed E-state index contributed by atoms with van der Waals surface area (Å²) in [6.45, 7) is 12.7. The number of hydrogen-bond acceptors (Lipinski definition) is 8. The van der Waals surface area contributed by atoms with Crippen molar-refractivity contribution in [3.63, 3.8) is 0 Å². The highest BCUT2D eigenvalue weighted by Gasteiger charge is 2.31. The van der Waals surface area contributed by atoms with Crippen molar-refractivity contribution in [2.45, 2.75) is 105 Å². The Balaban J connectivity index is 1.04. The van der Waals surface area contributed by atoms with E-state index in [1.807, 2.05) is 35.7 Å². The molecule has 2 aromatic carbocycles. The van der Waals surface area contributed by atoms with E-state index in [9.17, 15) is 19.5 Å². The highest BCUT2D eigenvalue weighted by molar-refractivity contribution is 7.15. The van der Waals surface area contributed by atoms with Crippen LogP contribution in [0.2, 0.25) is 0 Å². The van der Waals surface area contributed by atoms with Crippen LogP contribution in [0.15, 0.2) is 36.4 Å². The van der Waals surface area contributed by atoms with E-state index in [1.165, 1.54) is 0 Å². The van der Waals surface area contributed by atoms with Crippen LogP contribution in [0.3, 0.4) is 0 Å². The molecule has 298 valence electrons. The number of anilines is 1. The lowest BCUT2D eigenvalue weighted by molar-refractivity contribution is -0.143. The number of hydrogen-bond donors (Lipinski definition) is 2. The number of fused-ring (bicyclic) bond motifs is 2. The van der Waals surface area contributed by atoms with Gasteiger partial charge in [0.1, 0.15) is 5.01 Å². The number of imidazole rings is 1. The first-order valence-electron chi connectivity index (χ1n) is 20.4. The number of rotatable bonds is 13. The van der Waals surface area contributed by atoms with Gasteiger partial charge in [-0.2, -0.15) is 0 Å². The van der Waals surface area contributed by atoms with Crippen LogP contribution in [0.25, 0.3) is 21.7 Å². The van der Waals surface area contributed by atoms with Crippen molar-refractivity contribution in [2.75, 3.05) is 32.0 Å². The van der Waals surface area contributed by atoms with E-state index in [2.05, 4.69) is 67.1 Å². The number of amides is 2. The fourth-order valence-electron chi connectivity index (χ4n) is 8.68. The smallest absolute Gasteiger partial charge is 0.306 e. The number of carboxylic acid groups (broad SMARTS) is 1. The molecule has 0 saturated heterocycles. The molecular formula is C44H57N7O4S. The van der Waals surface area contributed by atoms with Gasteiger partial charge in [0.2, 0.25) is 5.91 Å². The van der Waals surface area contributed by atoms with Crippen molar-refractivity contribution >= 4 is 34.8 Å². The van der Waals surface area contributed by atoms with Gasteiger partial charge in [-0.3, -0.25) is 24.2 Å². The SMILES string of the molecule is CCCc1c(NC(=O)c2nc3c(n2C)CCN(CCC2CCC(C(=O)O)CC2)C3)cccc1-c1cccc(-c2nc3c(s2)CN(C(=O)CN(C)C(C)C)C3)c1C. The normalized spacial score (nSPS) is 18.4. The standard InChI is InChI=1S/C44H57N7O4S/c1-7-10-34-33(31-11-8-12-32(28(31)4)43-47-37-24-51(25-39(37)56-43)40(52)26-48(5)27(2)3)13-9-14-35(34)46-42(53)41-45-36-23-50(22-20-38(36)49(41)6)21-19-29-15-17-30(18-16-29)44(54)55/h8-9,11-14,27,29-30H,7,10,15-26H2,1-6H3,(H,46,53)(H,54,55). The number of aromatic nitrogens is 3. The van der Waals surface area contributed by atoms with E-state index in [1.54, 1.807) is 11.3 Å². The molecule has 0 spiro atoms. The number of nitrogens with one attached hydrogen (secondary N) is 1. The van der Waals surface area contributed by atoms with Crippen LogP contribution >= 0.6 is 11.3 Å². The number of likely N-dealkylation sites (N-methyl/N-ethyl adjacent to an activating group) is 1. The van der Waals surface area contributed by atoms with Crippen LogP contribution in [0.4, 0.5) is 5.69 Å². The summed E-state index contributed by atoms with van der Waals surface area (Å²) in [4.78, 5) is 55.8. The minimum absolute atomic E-state index is 0.136. The third-order valence-electron chi connectivity index (χ3n) is 12.4. The molecule has 1 fully saturated rings. The molecule has 12 heteroatoms. The average Bonchev–Trinajstić information content (AvgIpc) is 3.87. The first-order chi connectivity index (χ1) is 26.9. The first-order valence-corrected chi connectivity index (χ1v) is 21.2. The van der Waals surface area contributed by atoms with Gasteiger partial charge in [-0.15, -0.1) is 11.3 Å². The molecule has 3 aliphatic rings.